The van der Waals surface area contributed by atoms with Gasteiger partial charge < -0.3 is 20.1 Å². The van der Waals surface area contributed by atoms with Gasteiger partial charge in [-0.15, -0.1) is 0 Å². The van der Waals surface area contributed by atoms with Crippen LogP contribution in [-0.2, 0) is 9.53 Å². The second-order valence-electron chi connectivity index (χ2n) is 4.69. The average molecular weight is 244 g/mol. The van der Waals surface area contributed by atoms with Crippen molar-refractivity contribution in [2.24, 2.45) is 0 Å². The van der Waals surface area contributed by atoms with Crippen LogP contribution in [0.4, 0.5) is 4.79 Å². The second-order valence-corrected chi connectivity index (χ2v) is 4.69. The van der Waals surface area contributed by atoms with Gasteiger partial charge >= 0.3 is 12.0 Å². The van der Waals surface area contributed by atoms with E-state index in [9.17, 15) is 9.59 Å². The largest absolute Gasteiger partial charge is 0.480 e. The minimum Gasteiger partial charge on any atom is -0.480 e. The lowest BCUT2D eigenvalue weighted by Crippen LogP contribution is -2.58. The Balaban J connectivity index is 2.65. The molecule has 2 amide bonds. The fraction of sp³-hybridized carbons (Fsp3) is 0.818. The van der Waals surface area contributed by atoms with Crippen molar-refractivity contribution < 1.29 is 19.4 Å². The summed E-state index contributed by atoms with van der Waals surface area (Å²) in [4.78, 5) is 24.6. The van der Waals surface area contributed by atoms with Crippen LogP contribution in [0, 0.1) is 0 Å². The van der Waals surface area contributed by atoms with Gasteiger partial charge in [-0.25, -0.2) is 9.59 Å². The van der Waals surface area contributed by atoms with Crippen molar-refractivity contribution in [2.75, 3.05) is 19.8 Å². The highest BCUT2D eigenvalue weighted by Crippen LogP contribution is 2.12. The van der Waals surface area contributed by atoms with Crippen molar-refractivity contribution in [1.29, 1.82) is 0 Å². The van der Waals surface area contributed by atoms with Crippen molar-refractivity contribution in [3.63, 3.8) is 0 Å². The van der Waals surface area contributed by atoms with Crippen LogP contribution in [0.3, 0.4) is 0 Å². The molecule has 1 rings (SSSR count). The Hall–Kier alpha value is -1.30. The fourth-order valence-corrected chi connectivity index (χ4v) is 1.65. The molecular formula is C11H20N2O4. The van der Waals surface area contributed by atoms with Crippen molar-refractivity contribution in [2.45, 2.75) is 38.8 Å². The molecule has 1 fully saturated rings. The fourth-order valence-electron chi connectivity index (χ4n) is 1.65. The summed E-state index contributed by atoms with van der Waals surface area (Å²) >= 11 is 0. The molecule has 1 atom stereocenters. The monoisotopic (exact) mass is 244 g/mol. The van der Waals surface area contributed by atoms with E-state index < -0.39 is 11.5 Å². The molecule has 0 bridgehead atoms. The molecule has 0 aliphatic carbocycles. The number of nitrogens with one attached hydrogen (secondary N) is 1. The van der Waals surface area contributed by atoms with E-state index in [0.29, 0.717) is 19.8 Å². The molecule has 0 spiro atoms. The lowest BCUT2D eigenvalue weighted by Gasteiger charge is -2.36. The van der Waals surface area contributed by atoms with Gasteiger partial charge in [0.05, 0.1) is 19.3 Å². The van der Waals surface area contributed by atoms with E-state index >= 15 is 0 Å². The Morgan fingerprint density at radius 1 is 1.53 bits per heavy atom. The van der Waals surface area contributed by atoms with Crippen molar-refractivity contribution in [3.05, 3.63) is 0 Å². The number of carboxylic acids is 1. The molecule has 17 heavy (non-hydrogen) atoms. The van der Waals surface area contributed by atoms with E-state index in [1.54, 1.807) is 4.90 Å². The van der Waals surface area contributed by atoms with E-state index in [4.69, 9.17) is 9.84 Å². The molecule has 0 saturated carbocycles. The van der Waals surface area contributed by atoms with Crippen LogP contribution in [0.25, 0.3) is 0 Å². The van der Waals surface area contributed by atoms with Crippen LogP contribution in [0.5, 0.6) is 0 Å². The molecule has 0 aromatic carbocycles. The standard InChI is InChI=1S/C11H20N2O4/c1-4-8-7-17-6-5-13(8)10(16)12-11(2,3)9(14)15/h8H,4-7H2,1-3H3,(H,12,16)(H,14,15). The molecule has 6 nitrogen and oxygen atoms in total. The molecule has 0 aromatic rings. The zero-order valence-electron chi connectivity index (χ0n) is 10.5. The van der Waals surface area contributed by atoms with Gasteiger partial charge in [0.25, 0.3) is 0 Å². The number of aliphatic carboxylic acids is 1. The number of carboxylic acid groups (broad SMARTS) is 1. The summed E-state index contributed by atoms with van der Waals surface area (Å²) in [5.41, 5.74) is -1.26. The first kappa shape index (κ1) is 13.8. The number of morpholine rings is 1. The Morgan fingerprint density at radius 3 is 2.71 bits per heavy atom. The Bertz CT molecular complexity index is 304. The van der Waals surface area contributed by atoms with Crippen molar-refractivity contribution in [1.82, 2.24) is 10.2 Å². The summed E-state index contributed by atoms with van der Waals surface area (Å²) in [5.74, 6) is -1.05. The SMILES string of the molecule is CCC1COCCN1C(=O)NC(C)(C)C(=O)O. The summed E-state index contributed by atoms with van der Waals surface area (Å²) in [6.07, 6.45) is 0.793. The van der Waals surface area contributed by atoms with E-state index in [0.717, 1.165) is 6.42 Å². The van der Waals surface area contributed by atoms with Gasteiger partial charge in [-0.3, -0.25) is 0 Å². The van der Waals surface area contributed by atoms with Gasteiger partial charge in [0.1, 0.15) is 5.54 Å². The van der Waals surface area contributed by atoms with E-state index in [2.05, 4.69) is 5.32 Å². The summed E-state index contributed by atoms with van der Waals surface area (Å²) < 4.78 is 5.29. The summed E-state index contributed by atoms with van der Waals surface area (Å²) in [6.45, 7) is 6.42. The van der Waals surface area contributed by atoms with Gasteiger partial charge in [0, 0.05) is 6.54 Å². The zero-order chi connectivity index (χ0) is 13.1. The smallest absolute Gasteiger partial charge is 0.328 e. The quantitative estimate of drug-likeness (QED) is 0.764. The molecule has 1 unspecified atom stereocenters. The predicted molar refractivity (Wildman–Crippen MR) is 61.9 cm³/mol. The third-order valence-electron chi connectivity index (χ3n) is 2.91. The number of hydrogen-bond donors (Lipinski definition) is 2. The predicted octanol–water partition coefficient (Wildman–Crippen LogP) is 0.670. The maximum absolute atomic E-state index is 12.0. The highest BCUT2D eigenvalue weighted by molar-refractivity contribution is 5.85. The van der Waals surface area contributed by atoms with Crippen LogP contribution in [0.2, 0.25) is 0 Å². The van der Waals surface area contributed by atoms with Gasteiger partial charge in [-0.05, 0) is 20.3 Å². The third-order valence-corrected chi connectivity index (χ3v) is 2.91. The number of hydrogen-bond acceptors (Lipinski definition) is 3. The Labute approximate surface area is 101 Å². The summed E-state index contributed by atoms with van der Waals surface area (Å²) in [7, 11) is 0. The molecule has 98 valence electrons. The first-order valence-corrected chi connectivity index (χ1v) is 5.78. The number of rotatable bonds is 3. The van der Waals surface area contributed by atoms with Crippen molar-refractivity contribution >= 4 is 12.0 Å². The number of amides is 2. The lowest BCUT2D eigenvalue weighted by atomic mass is 10.1. The molecule has 6 heteroatoms. The molecule has 0 radical (unpaired) electrons. The average Bonchev–Trinajstić information content (AvgIpc) is 2.28. The molecule has 1 saturated heterocycles. The van der Waals surface area contributed by atoms with Crippen LogP contribution < -0.4 is 5.32 Å². The summed E-state index contributed by atoms with van der Waals surface area (Å²) in [6, 6.07) is -0.319. The number of carbonyl (C=O) groups excluding carboxylic acids is 1. The lowest BCUT2D eigenvalue weighted by molar-refractivity contribution is -0.143. The van der Waals surface area contributed by atoms with E-state index in [1.165, 1.54) is 13.8 Å². The van der Waals surface area contributed by atoms with E-state index in [-0.39, 0.29) is 12.1 Å². The topological polar surface area (TPSA) is 78.9 Å². The van der Waals surface area contributed by atoms with Crippen molar-refractivity contribution in [3.8, 4) is 0 Å². The molecule has 2 N–H and O–H groups in total. The first-order valence-electron chi connectivity index (χ1n) is 5.78. The number of urea groups is 1. The van der Waals surface area contributed by atoms with Crippen LogP contribution in [0.15, 0.2) is 0 Å². The van der Waals surface area contributed by atoms with Crippen LogP contribution >= 0.6 is 0 Å². The maximum Gasteiger partial charge on any atom is 0.328 e. The Kier molecular flexibility index (Phi) is 4.34. The Morgan fingerprint density at radius 2 is 2.18 bits per heavy atom. The number of ether oxygens (including phenoxy) is 1. The third kappa shape index (κ3) is 3.33. The minimum absolute atomic E-state index is 0.0216. The first-order chi connectivity index (χ1) is 7.88. The molecule has 1 aliphatic rings. The molecule has 1 aliphatic heterocycles. The minimum atomic E-state index is -1.26. The molecular weight excluding hydrogens is 224 g/mol. The zero-order valence-corrected chi connectivity index (χ0v) is 10.5. The van der Waals surface area contributed by atoms with Gasteiger partial charge in [-0.2, -0.15) is 0 Å². The van der Waals surface area contributed by atoms with E-state index in [1.807, 2.05) is 6.92 Å². The van der Waals surface area contributed by atoms with Crippen LogP contribution in [-0.4, -0.2) is 53.3 Å². The second kappa shape index (κ2) is 5.35. The maximum atomic E-state index is 12.0. The highest BCUT2D eigenvalue weighted by atomic mass is 16.5. The molecule has 1 heterocycles. The molecule has 0 aromatic heterocycles. The van der Waals surface area contributed by atoms with Gasteiger partial charge in [0.2, 0.25) is 0 Å². The van der Waals surface area contributed by atoms with Crippen LogP contribution in [0.1, 0.15) is 27.2 Å². The van der Waals surface area contributed by atoms with Gasteiger partial charge in [0.15, 0.2) is 0 Å². The summed E-state index contributed by atoms with van der Waals surface area (Å²) in [5, 5.41) is 11.5. The number of nitrogens with zero attached hydrogens (tertiary/aromatic N) is 1. The normalized spacial score (nSPS) is 21.1. The number of carbonyl (C=O) groups is 2. The highest BCUT2D eigenvalue weighted by Gasteiger charge is 2.33. The van der Waals surface area contributed by atoms with Gasteiger partial charge in [-0.1, -0.05) is 6.92 Å².